The van der Waals surface area contributed by atoms with Crippen LogP contribution in [0.15, 0.2) is 0 Å². The monoisotopic (exact) mass is 249 g/mol. The van der Waals surface area contributed by atoms with Gasteiger partial charge in [-0.1, -0.05) is 13.8 Å². The van der Waals surface area contributed by atoms with Crippen LogP contribution in [-0.2, 0) is 9.59 Å². The maximum atomic E-state index is 12.8. The first-order valence-electron chi connectivity index (χ1n) is 7.18. The molecule has 0 aromatic heterocycles. The normalized spacial score (nSPS) is 37.1. The maximum Gasteiger partial charge on any atom is 0.236 e. The smallest absolute Gasteiger partial charge is 0.236 e. The van der Waals surface area contributed by atoms with Crippen LogP contribution in [0, 0.1) is 22.7 Å². The first-order chi connectivity index (χ1) is 8.39. The van der Waals surface area contributed by atoms with Crippen LogP contribution in [0.3, 0.4) is 0 Å². The average molecular weight is 249 g/mol. The molecule has 0 aromatic rings. The molecule has 3 fully saturated rings. The van der Waals surface area contributed by atoms with Crippen molar-refractivity contribution in [3.63, 3.8) is 0 Å². The van der Waals surface area contributed by atoms with Gasteiger partial charge < -0.3 is 4.90 Å². The molecule has 3 heteroatoms. The molecule has 0 N–H and O–H groups in total. The van der Waals surface area contributed by atoms with Gasteiger partial charge in [0, 0.05) is 20.0 Å². The van der Waals surface area contributed by atoms with E-state index in [4.69, 9.17) is 0 Å². The third-order valence-electron chi connectivity index (χ3n) is 5.84. The Kier molecular flexibility index (Phi) is 2.43. The van der Waals surface area contributed by atoms with Crippen LogP contribution in [0.1, 0.15) is 46.0 Å². The molecule has 0 saturated heterocycles. The minimum atomic E-state index is -0.693. The molecule has 2 atom stereocenters. The zero-order valence-electron chi connectivity index (χ0n) is 11.7. The van der Waals surface area contributed by atoms with Crippen LogP contribution in [0.4, 0.5) is 0 Å². The van der Waals surface area contributed by atoms with Gasteiger partial charge in [0.25, 0.3) is 0 Å². The summed E-state index contributed by atoms with van der Waals surface area (Å²) in [6, 6.07) is 0. The number of amides is 1. The zero-order valence-corrected chi connectivity index (χ0v) is 11.7. The third-order valence-corrected chi connectivity index (χ3v) is 5.84. The lowest BCUT2D eigenvalue weighted by molar-refractivity contribution is -0.152. The Hall–Kier alpha value is -0.860. The quantitative estimate of drug-likeness (QED) is 0.719. The standard InChI is InChI=1S/C15H23NO2/c1-14(2)11-6-7-15(14,12(17)8-11)13(18)16(3)9-10-4-5-10/h10-11H,4-9H2,1-3H3. The fourth-order valence-corrected chi connectivity index (χ4v) is 4.27. The van der Waals surface area contributed by atoms with E-state index in [2.05, 4.69) is 13.8 Å². The molecule has 0 heterocycles. The van der Waals surface area contributed by atoms with Crippen LogP contribution in [0.25, 0.3) is 0 Å². The third kappa shape index (κ3) is 1.36. The maximum absolute atomic E-state index is 12.8. The number of Topliss-reactive ketones (excluding diaryl/α,β-unsaturated/α-hetero) is 1. The van der Waals surface area contributed by atoms with Gasteiger partial charge in [0.2, 0.25) is 5.91 Å². The highest BCUT2D eigenvalue weighted by molar-refractivity contribution is 6.09. The van der Waals surface area contributed by atoms with Crippen LogP contribution >= 0.6 is 0 Å². The highest BCUT2D eigenvalue weighted by Crippen LogP contribution is 2.64. The van der Waals surface area contributed by atoms with Gasteiger partial charge in [0.1, 0.15) is 11.2 Å². The molecule has 3 aliphatic rings. The summed E-state index contributed by atoms with van der Waals surface area (Å²) in [5, 5.41) is 0. The number of rotatable bonds is 3. The van der Waals surface area contributed by atoms with Gasteiger partial charge >= 0.3 is 0 Å². The van der Waals surface area contributed by atoms with Crippen LogP contribution < -0.4 is 0 Å². The van der Waals surface area contributed by atoms with E-state index in [1.807, 2.05) is 11.9 Å². The summed E-state index contributed by atoms with van der Waals surface area (Å²) in [6.07, 6.45) is 4.92. The van der Waals surface area contributed by atoms with E-state index in [0.717, 1.165) is 19.4 Å². The molecule has 0 radical (unpaired) electrons. The molecular weight excluding hydrogens is 226 g/mol. The molecule has 0 spiro atoms. The topological polar surface area (TPSA) is 37.4 Å². The van der Waals surface area contributed by atoms with Gasteiger partial charge in [0.15, 0.2) is 0 Å². The molecule has 2 unspecified atom stereocenters. The summed E-state index contributed by atoms with van der Waals surface area (Å²) in [5.41, 5.74) is -0.833. The number of ketones is 1. The average Bonchev–Trinajstić information content (AvgIpc) is 3.04. The van der Waals surface area contributed by atoms with Crippen molar-refractivity contribution in [1.29, 1.82) is 0 Å². The van der Waals surface area contributed by atoms with Crippen molar-refractivity contribution < 1.29 is 9.59 Å². The summed E-state index contributed by atoms with van der Waals surface area (Å²) in [6.45, 7) is 5.09. The van der Waals surface area contributed by atoms with Crippen LogP contribution in [-0.4, -0.2) is 30.2 Å². The Morgan fingerprint density at radius 3 is 2.44 bits per heavy atom. The molecule has 3 saturated carbocycles. The molecule has 3 rings (SSSR count). The molecule has 3 nitrogen and oxygen atoms in total. The number of hydrogen-bond acceptors (Lipinski definition) is 2. The van der Waals surface area contributed by atoms with E-state index in [-0.39, 0.29) is 17.1 Å². The van der Waals surface area contributed by atoms with E-state index >= 15 is 0 Å². The van der Waals surface area contributed by atoms with Crippen molar-refractivity contribution in [2.75, 3.05) is 13.6 Å². The zero-order chi connectivity index (χ0) is 13.1. The number of hydrogen-bond donors (Lipinski definition) is 0. The largest absolute Gasteiger partial charge is 0.345 e. The molecule has 1 amide bonds. The molecule has 18 heavy (non-hydrogen) atoms. The fraction of sp³-hybridized carbons (Fsp3) is 0.867. The van der Waals surface area contributed by atoms with Crippen molar-refractivity contribution in [2.45, 2.75) is 46.0 Å². The van der Waals surface area contributed by atoms with Crippen LogP contribution in [0.5, 0.6) is 0 Å². The highest BCUT2D eigenvalue weighted by Gasteiger charge is 2.68. The second kappa shape index (κ2) is 3.58. The number of fused-ring (bicyclic) bond motifs is 2. The lowest BCUT2D eigenvalue weighted by Crippen LogP contribution is -2.50. The number of carbonyl (C=O) groups is 2. The van der Waals surface area contributed by atoms with Crippen molar-refractivity contribution in [3.8, 4) is 0 Å². The summed E-state index contributed by atoms with van der Waals surface area (Å²) in [4.78, 5) is 27.0. The minimum absolute atomic E-state index is 0.101. The Bertz CT molecular complexity index is 411. The van der Waals surface area contributed by atoms with E-state index in [1.54, 1.807) is 0 Å². The lowest BCUT2D eigenvalue weighted by Gasteiger charge is -2.38. The highest BCUT2D eigenvalue weighted by atomic mass is 16.2. The van der Waals surface area contributed by atoms with Crippen molar-refractivity contribution in [2.24, 2.45) is 22.7 Å². The molecule has 0 aromatic carbocycles. The molecular formula is C15H23NO2. The van der Waals surface area contributed by atoms with Crippen molar-refractivity contribution >= 4 is 11.7 Å². The molecule has 3 aliphatic carbocycles. The van der Waals surface area contributed by atoms with Gasteiger partial charge in [0.05, 0.1) is 0 Å². The second-order valence-corrected chi connectivity index (χ2v) is 7.12. The molecule has 0 aliphatic heterocycles. The second-order valence-electron chi connectivity index (χ2n) is 7.12. The van der Waals surface area contributed by atoms with E-state index in [1.165, 1.54) is 12.8 Å². The SMILES string of the molecule is CN(CC1CC1)C(=O)C12CCC(CC1=O)C2(C)C. The van der Waals surface area contributed by atoms with Gasteiger partial charge in [-0.2, -0.15) is 0 Å². The summed E-state index contributed by atoms with van der Waals surface area (Å²) in [7, 11) is 1.88. The number of carbonyl (C=O) groups excluding carboxylic acids is 2. The predicted molar refractivity (Wildman–Crippen MR) is 68.9 cm³/mol. The molecule has 2 bridgehead atoms. The van der Waals surface area contributed by atoms with Gasteiger partial charge in [-0.05, 0) is 42.9 Å². The fourth-order valence-electron chi connectivity index (χ4n) is 4.27. The van der Waals surface area contributed by atoms with E-state index in [0.29, 0.717) is 18.3 Å². The van der Waals surface area contributed by atoms with Gasteiger partial charge in [-0.3, -0.25) is 9.59 Å². The molecule has 100 valence electrons. The Labute approximate surface area is 109 Å². The van der Waals surface area contributed by atoms with Gasteiger partial charge in [-0.25, -0.2) is 0 Å². The van der Waals surface area contributed by atoms with E-state index in [9.17, 15) is 9.59 Å². The van der Waals surface area contributed by atoms with Crippen molar-refractivity contribution in [3.05, 3.63) is 0 Å². The first-order valence-corrected chi connectivity index (χ1v) is 7.18. The summed E-state index contributed by atoms with van der Waals surface area (Å²) < 4.78 is 0. The lowest BCUT2D eigenvalue weighted by atomic mass is 9.68. The van der Waals surface area contributed by atoms with E-state index < -0.39 is 5.41 Å². The number of nitrogens with zero attached hydrogens (tertiary/aromatic N) is 1. The van der Waals surface area contributed by atoms with Gasteiger partial charge in [-0.15, -0.1) is 0 Å². The first kappa shape index (κ1) is 12.2. The Morgan fingerprint density at radius 1 is 1.33 bits per heavy atom. The summed E-state index contributed by atoms with van der Waals surface area (Å²) in [5.74, 6) is 1.41. The van der Waals surface area contributed by atoms with Crippen molar-refractivity contribution in [1.82, 2.24) is 4.90 Å². The Balaban J connectivity index is 1.88. The summed E-state index contributed by atoms with van der Waals surface area (Å²) >= 11 is 0. The predicted octanol–water partition coefficient (Wildman–Crippen LogP) is 2.25. The Morgan fingerprint density at radius 2 is 2.00 bits per heavy atom. The minimum Gasteiger partial charge on any atom is -0.345 e. The van der Waals surface area contributed by atoms with Crippen LogP contribution in [0.2, 0.25) is 0 Å².